The van der Waals surface area contributed by atoms with E-state index in [-0.39, 0.29) is 6.20 Å². The highest BCUT2D eigenvalue weighted by molar-refractivity contribution is 7.87. The van der Waals surface area contributed by atoms with Crippen LogP contribution in [0.25, 0.3) is 0 Å². The molecule has 1 aromatic heterocycles. The first-order valence-electron chi connectivity index (χ1n) is 9.03. The summed E-state index contributed by atoms with van der Waals surface area (Å²) in [6.07, 6.45) is -6.03. The van der Waals surface area contributed by atoms with E-state index in [1.54, 1.807) is 0 Å². The van der Waals surface area contributed by atoms with Gasteiger partial charge in [-0.3, -0.25) is 28.7 Å². The zero-order valence-electron chi connectivity index (χ0n) is 17.5. The monoisotopic (exact) mass is 518 g/mol. The van der Waals surface area contributed by atoms with Crippen molar-refractivity contribution < 1.29 is 59.1 Å². The van der Waals surface area contributed by atoms with Gasteiger partial charge in [0.25, 0.3) is 5.56 Å². The Hall–Kier alpha value is -3.41. The Morgan fingerprint density at radius 3 is 2.12 bits per heavy atom. The molecule has 1 aromatic rings. The van der Waals surface area contributed by atoms with Gasteiger partial charge in [-0.25, -0.2) is 4.79 Å². The average Bonchev–Trinajstić information content (AvgIpc) is 2.97. The van der Waals surface area contributed by atoms with Crippen molar-refractivity contribution in [3.8, 4) is 5.75 Å². The minimum atomic E-state index is -6.30. The van der Waals surface area contributed by atoms with Crippen molar-refractivity contribution in [2.45, 2.75) is 50.8 Å². The number of hydrogen-bond donors (Lipinski definition) is 1. The number of aromatic nitrogens is 2. The van der Waals surface area contributed by atoms with E-state index in [0.29, 0.717) is 4.57 Å². The largest absolute Gasteiger partial charge is 0.534 e. The van der Waals surface area contributed by atoms with E-state index >= 15 is 0 Å². The maximum Gasteiger partial charge on any atom is 0.534 e. The Bertz CT molecular complexity index is 1190. The molecule has 1 N–H and O–H groups in total. The summed E-state index contributed by atoms with van der Waals surface area (Å²) in [5.41, 5.74) is -8.89. The first kappa shape index (κ1) is 26.8. The van der Waals surface area contributed by atoms with Crippen LogP contribution in [0.2, 0.25) is 0 Å². The summed E-state index contributed by atoms with van der Waals surface area (Å²) >= 11 is 0. The highest BCUT2D eigenvalue weighted by Crippen LogP contribution is 2.34. The zero-order valence-corrected chi connectivity index (χ0v) is 18.3. The zero-order chi connectivity index (χ0) is 26.0. The molecule has 1 fully saturated rings. The van der Waals surface area contributed by atoms with Crippen molar-refractivity contribution in [3.63, 3.8) is 0 Å². The highest BCUT2D eigenvalue weighted by Gasteiger charge is 2.52. The number of aromatic amines is 1. The molecule has 0 saturated carbocycles. The fourth-order valence-electron chi connectivity index (χ4n) is 2.80. The number of alkyl halides is 3. The molecule has 4 atom stereocenters. The molecule has 190 valence electrons. The molecular weight excluding hydrogens is 501 g/mol. The summed E-state index contributed by atoms with van der Waals surface area (Å²) in [5.74, 6) is -4.15. The van der Waals surface area contributed by atoms with Crippen LogP contribution in [0.3, 0.4) is 0 Å². The Labute approximate surface area is 187 Å². The van der Waals surface area contributed by atoms with E-state index < -0.39 is 81.7 Å². The molecule has 0 unspecified atom stereocenters. The van der Waals surface area contributed by atoms with Crippen LogP contribution in [0, 0.1) is 0 Å². The van der Waals surface area contributed by atoms with Crippen molar-refractivity contribution in [3.05, 3.63) is 27.0 Å². The van der Waals surface area contributed by atoms with Gasteiger partial charge < -0.3 is 23.1 Å². The van der Waals surface area contributed by atoms with Crippen molar-refractivity contribution in [2.24, 2.45) is 0 Å². The normalized spacial score (nSPS) is 22.6. The molecule has 34 heavy (non-hydrogen) atoms. The fourth-order valence-corrected chi connectivity index (χ4v) is 3.25. The number of carbonyl (C=O) groups excluding carboxylic acids is 3. The maximum atomic E-state index is 12.6. The first-order chi connectivity index (χ1) is 15.5. The minimum Gasteiger partial charge on any atom is -0.463 e. The lowest BCUT2D eigenvalue weighted by Gasteiger charge is -2.24. The minimum absolute atomic E-state index is 0.269. The van der Waals surface area contributed by atoms with Crippen LogP contribution < -0.4 is 15.4 Å². The van der Waals surface area contributed by atoms with Gasteiger partial charge in [-0.15, -0.1) is 0 Å². The molecule has 1 aliphatic heterocycles. The Balaban J connectivity index is 2.58. The second-order valence-corrected chi connectivity index (χ2v) is 8.20. The quantitative estimate of drug-likeness (QED) is 0.203. The predicted molar refractivity (Wildman–Crippen MR) is 98.6 cm³/mol. The topological polar surface area (TPSA) is 186 Å². The average molecular weight is 518 g/mol. The number of ether oxygens (including phenoxy) is 4. The third kappa shape index (κ3) is 6.13. The molecule has 0 bridgehead atoms. The molecule has 0 amide bonds. The standard InChI is InChI=1S/C16H17F3N2O12S/c1-6(22)29-5-10-11(30-7(2)23)12(31-8(3)24)14(32-10)21-4-9(13(25)20-15(21)26)33-34(27,28)16(17,18)19/h4,10-12,14H,5H2,1-3H3,(H,20,25,26)/t10-,11-,12-,14-/m1/s1. The van der Waals surface area contributed by atoms with Gasteiger partial charge in [0.1, 0.15) is 12.7 Å². The number of esters is 3. The van der Waals surface area contributed by atoms with Crippen molar-refractivity contribution in [2.75, 3.05) is 6.61 Å². The molecule has 2 heterocycles. The first-order valence-corrected chi connectivity index (χ1v) is 10.4. The molecule has 1 aliphatic rings. The molecule has 0 radical (unpaired) electrons. The van der Waals surface area contributed by atoms with Crippen LogP contribution >= 0.6 is 0 Å². The van der Waals surface area contributed by atoms with Gasteiger partial charge in [-0.05, 0) is 0 Å². The number of nitrogens with zero attached hydrogens (tertiary/aromatic N) is 1. The predicted octanol–water partition coefficient (Wildman–Crippen LogP) is -0.911. The van der Waals surface area contributed by atoms with E-state index in [1.165, 1.54) is 4.98 Å². The van der Waals surface area contributed by atoms with Crippen LogP contribution in [0.5, 0.6) is 5.75 Å². The Kier molecular flexibility index (Phi) is 7.76. The van der Waals surface area contributed by atoms with Crippen molar-refractivity contribution in [1.82, 2.24) is 9.55 Å². The third-order valence-electron chi connectivity index (χ3n) is 4.03. The maximum absolute atomic E-state index is 12.6. The van der Waals surface area contributed by atoms with Gasteiger partial charge in [-0.2, -0.15) is 21.6 Å². The third-order valence-corrected chi connectivity index (χ3v) is 5.00. The van der Waals surface area contributed by atoms with Crippen LogP contribution in [-0.4, -0.2) is 66.3 Å². The number of carbonyl (C=O) groups is 3. The van der Waals surface area contributed by atoms with Gasteiger partial charge in [0, 0.05) is 20.8 Å². The van der Waals surface area contributed by atoms with Gasteiger partial charge in [0.2, 0.25) is 5.75 Å². The molecule has 2 rings (SSSR count). The number of hydrogen-bond acceptors (Lipinski definition) is 12. The number of rotatable bonds is 7. The molecule has 0 spiro atoms. The summed E-state index contributed by atoms with van der Waals surface area (Å²) in [7, 11) is -6.30. The lowest BCUT2D eigenvalue weighted by atomic mass is 10.1. The Morgan fingerprint density at radius 1 is 1.06 bits per heavy atom. The van der Waals surface area contributed by atoms with Gasteiger partial charge in [0.05, 0.1) is 6.20 Å². The van der Waals surface area contributed by atoms with E-state index in [4.69, 9.17) is 18.9 Å². The highest BCUT2D eigenvalue weighted by atomic mass is 32.2. The fraction of sp³-hybridized carbons (Fsp3) is 0.562. The molecular formula is C16H17F3N2O12S. The lowest BCUT2D eigenvalue weighted by Crippen LogP contribution is -2.42. The van der Waals surface area contributed by atoms with E-state index in [0.717, 1.165) is 20.8 Å². The lowest BCUT2D eigenvalue weighted by molar-refractivity contribution is -0.166. The van der Waals surface area contributed by atoms with Gasteiger partial charge in [0.15, 0.2) is 18.4 Å². The van der Waals surface area contributed by atoms with Crippen molar-refractivity contribution >= 4 is 28.0 Å². The SMILES string of the molecule is CC(=O)OC[C@H]1O[C@@H](n2cc(OS(=O)(=O)C(F)(F)F)c(=O)[nH]c2=O)[C@H](OC(C)=O)[C@@H]1OC(C)=O. The summed E-state index contributed by atoms with van der Waals surface area (Å²) in [5, 5.41) is 0. The van der Waals surface area contributed by atoms with Gasteiger partial charge in [-0.1, -0.05) is 0 Å². The second kappa shape index (κ2) is 9.84. The number of H-pyrrole nitrogens is 1. The Morgan fingerprint density at radius 2 is 1.62 bits per heavy atom. The van der Waals surface area contributed by atoms with Crippen LogP contribution in [0.15, 0.2) is 15.8 Å². The molecule has 0 aromatic carbocycles. The summed E-state index contributed by atoms with van der Waals surface area (Å²) < 4.78 is 85.0. The molecule has 0 aliphatic carbocycles. The second-order valence-electron chi connectivity index (χ2n) is 6.66. The van der Waals surface area contributed by atoms with E-state index in [2.05, 4.69) is 4.18 Å². The number of halogens is 3. The summed E-state index contributed by atoms with van der Waals surface area (Å²) in [6, 6.07) is 0. The van der Waals surface area contributed by atoms with Gasteiger partial charge >= 0.3 is 39.2 Å². The van der Waals surface area contributed by atoms with Crippen molar-refractivity contribution in [1.29, 1.82) is 0 Å². The molecule has 14 nitrogen and oxygen atoms in total. The number of nitrogens with one attached hydrogen (secondary N) is 1. The molecule has 1 saturated heterocycles. The van der Waals surface area contributed by atoms with Crippen LogP contribution in [-0.2, 0) is 43.4 Å². The van der Waals surface area contributed by atoms with E-state index in [9.17, 15) is 45.6 Å². The van der Waals surface area contributed by atoms with Crippen LogP contribution in [0.1, 0.15) is 27.0 Å². The smallest absolute Gasteiger partial charge is 0.463 e. The summed E-state index contributed by atoms with van der Waals surface area (Å²) in [4.78, 5) is 60.0. The molecule has 18 heteroatoms. The van der Waals surface area contributed by atoms with Crippen LogP contribution in [0.4, 0.5) is 13.2 Å². The summed E-state index contributed by atoms with van der Waals surface area (Å²) in [6.45, 7) is 2.36. The van der Waals surface area contributed by atoms with E-state index in [1.807, 2.05) is 0 Å².